The minimum Gasteiger partial charge on any atom is -0.383 e. The third-order valence-electron chi connectivity index (χ3n) is 5.26. The summed E-state index contributed by atoms with van der Waals surface area (Å²) < 4.78 is 1.37. The zero-order chi connectivity index (χ0) is 21.6. The van der Waals surface area contributed by atoms with Gasteiger partial charge in [-0.1, -0.05) is 40.5 Å². The molecule has 8 nitrogen and oxygen atoms in total. The lowest BCUT2D eigenvalue weighted by Gasteiger charge is -2.29. The van der Waals surface area contributed by atoms with Crippen LogP contribution in [-0.4, -0.2) is 46.0 Å². The van der Waals surface area contributed by atoms with Crippen LogP contribution in [0.15, 0.2) is 9.59 Å². The topological polar surface area (TPSA) is 104 Å². The second kappa shape index (κ2) is 10.6. The summed E-state index contributed by atoms with van der Waals surface area (Å²) in [7, 11) is 0. The zero-order valence-corrected chi connectivity index (χ0v) is 18.4. The maximum Gasteiger partial charge on any atom is 0.330 e. The van der Waals surface area contributed by atoms with Crippen molar-refractivity contribution < 1.29 is 4.79 Å². The van der Waals surface area contributed by atoms with Crippen molar-refractivity contribution in [2.75, 3.05) is 30.3 Å². The van der Waals surface area contributed by atoms with Crippen LogP contribution in [0.1, 0.15) is 66.2 Å². The molecule has 0 aromatic carbocycles. The van der Waals surface area contributed by atoms with Gasteiger partial charge in [0.1, 0.15) is 5.82 Å². The van der Waals surface area contributed by atoms with Crippen molar-refractivity contribution in [1.82, 2.24) is 14.5 Å². The normalized spacial score (nSPS) is 14.0. The van der Waals surface area contributed by atoms with Gasteiger partial charge in [-0.25, -0.2) is 4.79 Å². The van der Waals surface area contributed by atoms with E-state index in [1.807, 2.05) is 13.8 Å². The van der Waals surface area contributed by atoms with Crippen molar-refractivity contribution in [2.45, 2.75) is 78.8 Å². The Hall–Kier alpha value is -2.09. The number of carbonyl (C=O) groups excluding carboxylic acids is 1. The molecule has 0 aliphatic heterocycles. The third-order valence-corrected chi connectivity index (χ3v) is 5.26. The Balaban J connectivity index is 2.37. The van der Waals surface area contributed by atoms with Gasteiger partial charge < -0.3 is 10.6 Å². The fourth-order valence-corrected chi connectivity index (χ4v) is 3.56. The molecule has 1 amide bonds. The van der Waals surface area contributed by atoms with E-state index in [-0.39, 0.29) is 24.0 Å². The Kier molecular flexibility index (Phi) is 8.49. The highest BCUT2D eigenvalue weighted by Gasteiger charge is 2.33. The lowest BCUT2D eigenvalue weighted by molar-refractivity contribution is -0.120. The van der Waals surface area contributed by atoms with Gasteiger partial charge in [-0.2, -0.15) is 0 Å². The molecule has 1 aromatic rings. The van der Waals surface area contributed by atoms with E-state index in [0.29, 0.717) is 25.0 Å². The average molecular weight is 408 g/mol. The van der Waals surface area contributed by atoms with Crippen LogP contribution in [-0.2, 0) is 11.3 Å². The molecule has 0 atom stereocenters. The molecule has 0 bridgehead atoms. The van der Waals surface area contributed by atoms with Gasteiger partial charge in [-0.3, -0.25) is 24.0 Å². The van der Waals surface area contributed by atoms with Gasteiger partial charge in [-0.05, 0) is 31.6 Å². The van der Waals surface area contributed by atoms with E-state index in [0.717, 1.165) is 45.1 Å². The van der Waals surface area contributed by atoms with Gasteiger partial charge in [0.05, 0.1) is 6.54 Å². The van der Waals surface area contributed by atoms with Crippen LogP contribution in [0.5, 0.6) is 0 Å². The first-order chi connectivity index (χ1) is 13.8. The number of anilines is 2. The molecule has 0 saturated heterocycles. The van der Waals surface area contributed by atoms with Gasteiger partial charge in [-0.15, -0.1) is 0 Å². The first-order valence-electron chi connectivity index (χ1n) is 11.0. The van der Waals surface area contributed by atoms with Crippen molar-refractivity contribution >= 4 is 17.4 Å². The maximum atomic E-state index is 13.3. The molecule has 1 heterocycles. The van der Waals surface area contributed by atoms with E-state index in [2.05, 4.69) is 23.7 Å². The monoisotopic (exact) mass is 407 g/mol. The molecule has 1 aromatic heterocycles. The average Bonchev–Trinajstić information content (AvgIpc) is 3.48. The molecule has 0 unspecified atom stereocenters. The van der Waals surface area contributed by atoms with Crippen LogP contribution in [0.25, 0.3) is 0 Å². The van der Waals surface area contributed by atoms with Gasteiger partial charge in [0.2, 0.25) is 5.91 Å². The number of unbranched alkanes of at least 4 members (excludes halogenated alkanes) is 2. The molecule has 8 heteroatoms. The second-order valence-corrected chi connectivity index (χ2v) is 8.45. The molecule has 29 heavy (non-hydrogen) atoms. The van der Waals surface area contributed by atoms with Gasteiger partial charge >= 0.3 is 5.69 Å². The lowest BCUT2D eigenvalue weighted by Crippen LogP contribution is -2.46. The molecule has 1 aliphatic carbocycles. The number of hydrogen-bond donors (Lipinski definition) is 2. The summed E-state index contributed by atoms with van der Waals surface area (Å²) in [5.41, 5.74) is 5.25. The number of rotatable bonds is 12. The highest BCUT2D eigenvalue weighted by atomic mass is 16.2. The standard InChI is InChI=1S/C21H37N5O3/c1-5-7-11-25(17(27)14-24(13-15(3)4)16-9-10-16)18-19(22)26(12-8-6-2)21(29)23-20(18)28/h15-16H,5-14,22H2,1-4H3,(H,23,28,29). The maximum absolute atomic E-state index is 13.3. The summed E-state index contributed by atoms with van der Waals surface area (Å²) in [4.78, 5) is 44.2. The van der Waals surface area contributed by atoms with Crippen molar-refractivity contribution in [3.63, 3.8) is 0 Å². The van der Waals surface area contributed by atoms with Crippen molar-refractivity contribution in [3.8, 4) is 0 Å². The minimum absolute atomic E-state index is 0.0819. The quantitative estimate of drug-likeness (QED) is 0.552. The summed E-state index contributed by atoms with van der Waals surface area (Å²) in [5.74, 6) is 0.402. The first kappa shape index (κ1) is 23.2. The Morgan fingerprint density at radius 1 is 1.21 bits per heavy atom. The molecule has 3 N–H and O–H groups in total. The van der Waals surface area contributed by atoms with Gasteiger partial charge in [0, 0.05) is 25.7 Å². The fourth-order valence-electron chi connectivity index (χ4n) is 3.56. The highest BCUT2D eigenvalue weighted by Crippen LogP contribution is 2.28. The highest BCUT2D eigenvalue weighted by molar-refractivity contribution is 5.96. The van der Waals surface area contributed by atoms with Crippen molar-refractivity contribution in [1.29, 1.82) is 0 Å². The van der Waals surface area contributed by atoms with Crippen LogP contribution in [0.4, 0.5) is 11.5 Å². The first-order valence-corrected chi connectivity index (χ1v) is 11.0. The zero-order valence-electron chi connectivity index (χ0n) is 18.4. The molecule has 2 rings (SSSR count). The third kappa shape index (κ3) is 6.19. The molecule has 1 fully saturated rings. The van der Waals surface area contributed by atoms with Crippen LogP contribution in [0.3, 0.4) is 0 Å². The summed E-state index contributed by atoms with van der Waals surface area (Å²) in [6.45, 7) is 10.3. The van der Waals surface area contributed by atoms with E-state index in [1.54, 1.807) is 0 Å². The Bertz CT molecular complexity index is 794. The number of aromatic amines is 1. The lowest BCUT2D eigenvalue weighted by atomic mass is 10.2. The number of H-pyrrole nitrogens is 1. The smallest absolute Gasteiger partial charge is 0.330 e. The van der Waals surface area contributed by atoms with Crippen LogP contribution < -0.4 is 21.9 Å². The second-order valence-electron chi connectivity index (χ2n) is 8.45. The van der Waals surface area contributed by atoms with E-state index < -0.39 is 11.2 Å². The summed E-state index contributed by atoms with van der Waals surface area (Å²) in [6, 6.07) is 0.448. The molecule has 0 spiro atoms. The summed E-state index contributed by atoms with van der Waals surface area (Å²) in [5, 5.41) is 0. The van der Waals surface area contributed by atoms with Crippen LogP contribution >= 0.6 is 0 Å². The van der Waals surface area contributed by atoms with Gasteiger partial charge in [0.25, 0.3) is 5.56 Å². The molecular weight excluding hydrogens is 370 g/mol. The molecule has 0 radical (unpaired) electrons. The van der Waals surface area contributed by atoms with Crippen molar-refractivity contribution in [3.05, 3.63) is 20.8 Å². The Morgan fingerprint density at radius 2 is 1.86 bits per heavy atom. The predicted octanol–water partition coefficient (Wildman–Crippen LogP) is 2.17. The summed E-state index contributed by atoms with van der Waals surface area (Å²) >= 11 is 0. The fraction of sp³-hybridized carbons (Fsp3) is 0.762. The molecule has 164 valence electrons. The van der Waals surface area contributed by atoms with Gasteiger partial charge in [0.15, 0.2) is 5.69 Å². The number of nitrogens with two attached hydrogens (primary N) is 1. The van der Waals surface area contributed by atoms with Crippen molar-refractivity contribution in [2.24, 2.45) is 5.92 Å². The number of nitrogen functional groups attached to an aromatic ring is 1. The SMILES string of the molecule is CCCCN(C(=O)CN(CC(C)C)C1CC1)c1c(N)n(CCCC)c(=O)[nH]c1=O. The predicted molar refractivity (Wildman–Crippen MR) is 117 cm³/mol. The van der Waals surface area contributed by atoms with Crippen LogP contribution in [0.2, 0.25) is 0 Å². The van der Waals surface area contributed by atoms with Crippen LogP contribution in [0, 0.1) is 5.92 Å². The minimum atomic E-state index is -0.591. The van der Waals surface area contributed by atoms with E-state index in [9.17, 15) is 14.4 Å². The number of aromatic nitrogens is 2. The molecular formula is C21H37N5O3. The number of nitrogens with one attached hydrogen (secondary N) is 1. The number of nitrogens with zero attached hydrogens (tertiary/aromatic N) is 3. The number of amides is 1. The molecule has 1 saturated carbocycles. The number of hydrogen-bond acceptors (Lipinski definition) is 5. The Morgan fingerprint density at radius 3 is 2.41 bits per heavy atom. The van der Waals surface area contributed by atoms with E-state index in [1.165, 1.54) is 9.47 Å². The Labute approximate surface area is 173 Å². The number of carbonyl (C=O) groups is 1. The van der Waals surface area contributed by atoms with E-state index in [4.69, 9.17) is 5.73 Å². The molecule has 1 aliphatic rings. The summed E-state index contributed by atoms with van der Waals surface area (Å²) in [6.07, 6.45) is 5.52. The largest absolute Gasteiger partial charge is 0.383 e. The van der Waals surface area contributed by atoms with E-state index >= 15 is 0 Å².